The van der Waals surface area contributed by atoms with Crippen LogP contribution in [0.3, 0.4) is 0 Å². The molecule has 0 unspecified atom stereocenters. The summed E-state index contributed by atoms with van der Waals surface area (Å²) >= 11 is 5.65. The second kappa shape index (κ2) is 10.8. The predicted octanol–water partition coefficient (Wildman–Crippen LogP) is 3.80. The van der Waals surface area contributed by atoms with Gasteiger partial charge in [-0.05, 0) is 30.3 Å². The smallest absolute Gasteiger partial charge is 0.420 e. The second-order valence-electron chi connectivity index (χ2n) is 6.70. The first-order valence-corrected chi connectivity index (χ1v) is 10.0. The lowest BCUT2D eigenvalue weighted by atomic mass is 10.1. The molecule has 14 heteroatoms. The number of halogens is 4. The Morgan fingerprint density at radius 1 is 1.03 bits per heavy atom. The van der Waals surface area contributed by atoms with Crippen LogP contribution in [0.5, 0.6) is 11.8 Å². The van der Waals surface area contributed by atoms with Gasteiger partial charge in [0.05, 0.1) is 35.2 Å². The average Bonchev–Trinajstić information content (AvgIpc) is 2.81. The van der Waals surface area contributed by atoms with E-state index < -0.39 is 35.3 Å². The summed E-state index contributed by atoms with van der Waals surface area (Å²) in [4.78, 5) is 43.6. The van der Waals surface area contributed by atoms with Crippen LogP contribution in [0.25, 0.3) is 0 Å². The number of carbonyl (C=O) groups is 3. The van der Waals surface area contributed by atoms with Gasteiger partial charge in [0, 0.05) is 5.69 Å². The number of carbonyl (C=O) groups excluding carboxylic acids is 3. The number of imide groups is 1. The zero-order chi connectivity index (χ0) is 25.6. The Hall–Kier alpha value is -4.23. The largest absolute Gasteiger partial charge is 0.424 e. The third kappa shape index (κ3) is 6.88. The molecule has 1 heterocycles. The first-order chi connectivity index (χ1) is 16.6. The molecule has 0 saturated heterocycles. The highest BCUT2D eigenvalue weighted by Crippen LogP contribution is 2.39. The van der Waals surface area contributed by atoms with Crippen molar-refractivity contribution in [3.05, 3.63) is 71.0 Å². The summed E-state index contributed by atoms with van der Waals surface area (Å²) in [5.41, 5.74) is 3.76. The van der Waals surface area contributed by atoms with E-state index in [1.807, 2.05) is 5.32 Å². The summed E-state index contributed by atoms with van der Waals surface area (Å²) in [7, 11) is 0. The SMILES string of the molecule is NCC(=O)Nc1ccccc1C(=O)NC(=O)Nc1ccc(Oc2ncc(Cl)cn2)c(C(F)(F)F)c1. The number of ether oxygens (including phenoxy) is 1. The molecule has 0 atom stereocenters. The standard InChI is InChI=1S/C21H16ClF3N6O4/c22-11-9-27-20(28-10-11)35-16-6-5-12(7-14(16)21(23,24)25)29-19(34)31-18(33)13-3-1-2-4-15(13)30-17(32)8-26/h1-7,9-10H,8,26H2,(H,30,32)(H2,29,31,33,34). The molecule has 1 aromatic heterocycles. The van der Waals surface area contributed by atoms with Gasteiger partial charge in [0.25, 0.3) is 5.91 Å². The summed E-state index contributed by atoms with van der Waals surface area (Å²) in [6.45, 7) is -0.332. The number of hydrogen-bond donors (Lipinski definition) is 4. The fraction of sp³-hybridized carbons (Fsp3) is 0.0952. The zero-order valence-electron chi connectivity index (χ0n) is 17.5. The van der Waals surface area contributed by atoms with Gasteiger partial charge in [-0.15, -0.1) is 0 Å². The van der Waals surface area contributed by atoms with Crippen molar-refractivity contribution in [2.75, 3.05) is 17.2 Å². The van der Waals surface area contributed by atoms with E-state index in [-0.39, 0.29) is 34.5 Å². The van der Waals surface area contributed by atoms with Gasteiger partial charge >= 0.3 is 18.2 Å². The topological polar surface area (TPSA) is 148 Å². The number of hydrogen-bond acceptors (Lipinski definition) is 7. The van der Waals surface area contributed by atoms with Gasteiger partial charge < -0.3 is 21.1 Å². The van der Waals surface area contributed by atoms with Gasteiger partial charge in [0.15, 0.2) is 0 Å². The van der Waals surface area contributed by atoms with E-state index in [0.29, 0.717) is 6.07 Å². The lowest BCUT2D eigenvalue weighted by molar-refractivity contribution is -0.138. The fourth-order valence-corrected chi connectivity index (χ4v) is 2.79. The Bertz CT molecular complexity index is 1250. The summed E-state index contributed by atoms with van der Waals surface area (Å²) in [5, 5.41) is 6.69. The minimum atomic E-state index is -4.86. The number of urea groups is 1. The first kappa shape index (κ1) is 25.4. The quantitative estimate of drug-likeness (QED) is 0.395. The van der Waals surface area contributed by atoms with Crippen molar-refractivity contribution in [3.63, 3.8) is 0 Å². The lowest BCUT2D eigenvalue weighted by Crippen LogP contribution is -2.35. The number of nitrogens with zero attached hydrogens (tertiary/aromatic N) is 2. The monoisotopic (exact) mass is 508 g/mol. The maximum atomic E-state index is 13.6. The highest BCUT2D eigenvalue weighted by atomic mass is 35.5. The van der Waals surface area contributed by atoms with Crippen molar-refractivity contribution in [2.24, 2.45) is 5.73 Å². The summed E-state index contributed by atoms with van der Waals surface area (Å²) in [6, 6.07) is 6.99. The molecule has 0 aliphatic heterocycles. The van der Waals surface area contributed by atoms with Crippen molar-refractivity contribution in [2.45, 2.75) is 6.18 Å². The van der Waals surface area contributed by atoms with E-state index in [1.54, 1.807) is 6.07 Å². The summed E-state index contributed by atoms with van der Waals surface area (Å²) in [6.07, 6.45) is -2.56. The first-order valence-electron chi connectivity index (χ1n) is 9.64. The Morgan fingerprint density at radius 3 is 2.37 bits per heavy atom. The van der Waals surface area contributed by atoms with Gasteiger partial charge in [-0.1, -0.05) is 23.7 Å². The van der Waals surface area contributed by atoms with Crippen LogP contribution in [0.2, 0.25) is 5.02 Å². The number of aromatic nitrogens is 2. The minimum absolute atomic E-state index is 0.0628. The number of para-hydroxylation sites is 1. The molecule has 2 aromatic carbocycles. The molecule has 0 radical (unpaired) electrons. The minimum Gasteiger partial charge on any atom is -0.424 e. The molecule has 0 aliphatic rings. The maximum Gasteiger partial charge on any atom is 0.420 e. The molecule has 0 fully saturated rings. The second-order valence-corrected chi connectivity index (χ2v) is 7.14. The number of nitrogens with one attached hydrogen (secondary N) is 3. The molecule has 0 bridgehead atoms. The predicted molar refractivity (Wildman–Crippen MR) is 119 cm³/mol. The highest BCUT2D eigenvalue weighted by molar-refractivity contribution is 6.30. The van der Waals surface area contributed by atoms with Crippen molar-refractivity contribution in [1.82, 2.24) is 15.3 Å². The number of anilines is 2. The molecular formula is C21H16ClF3N6O4. The third-order valence-electron chi connectivity index (χ3n) is 4.20. The van der Waals surface area contributed by atoms with Crippen LogP contribution in [0.1, 0.15) is 15.9 Å². The van der Waals surface area contributed by atoms with Crippen LogP contribution in [-0.4, -0.2) is 34.4 Å². The molecule has 0 saturated carbocycles. The van der Waals surface area contributed by atoms with Crippen LogP contribution in [0, 0.1) is 0 Å². The van der Waals surface area contributed by atoms with Crippen LogP contribution in [-0.2, 0) is 11.0 Å². The van der Waals surface area contributed by atoms with E-state index in [9.17, 15) is 27.6 Å². The third-order valence-corrected chi connectivity index (χ3v) is 4.39. The van der Waals surface area contributed by atoms with E-state index in [4.69, 9.17) is 22.1 Å². The van der Waals surface area contributed by atoms with Gasteiger partial charge in [0.2, 0.25) is 5.91 Å². The Labute approximate surface area is 200 Å². The summed E-state index contributed by atoms with van der Waals surface area (Å²) in [5.74, 6) is -2.10. The number of benzene rings is 2. The fourth-order valence-electron chi connectivity index (χ4n) is 2.69. The molecule has 35 heavy (non-hydrogen) atoms. The molecule has 0 aliphatic carbocycles. The molecule has 3 aromatic rings. The molecule has 182 valence electrons. The highest BCUT2D eigenvalue weighted by Gasteiger charge is 2.35. The van der Waals surface area contributed by atoms with E-state index in [1.165, 1.54) is 18.2 Å². The van der Waals surface area contributed by atoms with Crippen LogP contribution in [0.15, 0.2) is 54.9 Å². The van der Waals surface area contributed by atoms with Crippen molar-refractivity contribution in [1.29, 1.82) is 0 Å². The van der Waals surface area contributed by atoms with Crippen molar-refractivity contribution < 1.29 is 32.3 Å². The molecule has 5 N–H and O–H groups in total. The lowest BCUT2D eigenvalue weighted by Gasteiger charge is -2.15. The Morgan fingerprint density at radius 2 is 1.71 bits per heavy atom. The van der Waals surface area contributed by atoms with E-state index in [2.05, 4.69) is 20.6 Å². The number of rotatable bonds is 6. The van der Waals surface area contributed by atoms with Crippen LogP contribution in [0.4, 0.5) is 29.3 Å². The van der Waals surface area contributed by atoms with Gasteiger partial charge in [-0.2, -0.15) is 13.2 Å². The molecular weight excluding hydrogens is 493 g/mol. The molecule has 0 spiro atoms. The van der Waals surface area contributed by atoms with E-state index in [0.717, 1.165) is 24.5 Å². The zero-order valence-corrected chi connectivity index (χ0v) is 18.3. The Balaban J connectivity index is 1.75. The average molecular weight is 509 g/mol. The van der Waals surface area contributed by atoms with Crippen LogP contribution < -0.4 is 26.4 Å². The number of amides is 4. The number of nitrogens with two attached hydrogens (primary N) is 1. The van der Waals surface area contributed by atoms with Crippen LogP contribution >= 0.6 is 11.6 Å². The van der Waals surface area contributed by atoms with Crippen molar-refractivity contribution in [3.8, 4) is 11.8 Å². The van der Waals surface area contributed by atoms with Gasteiger partial charge in [0.1, 0.15) is 11.3 Å². The molecule has 4 amide bonds. The number of alkyl halides is 3. The Kier molecular flexibility index (Phi) is 7.83. The van der Waals surface area contributed by atoms with Gasteiger partial charge in [-0.3, -0.25) is 14.9 Å². The maximum absolute atomic E-state index is 13.6. The molecule has 10 nitrogen and oxygen atoms in total. The van der Waals surface area contributed by atoms with Crippen molar-refractivity contribution >= 4 is 40.8 Å². The molecule has 3 rings (SSSR count). The van der Waals surface area contributed by atoms with E-state index >= 15 is 0 Å². The van der Waals surface area contributed by atoms with Gasteiger partial charge in [-0.25, -0.2) is 14.8 Å². The normalized spacial score (nSPS) is 10.9. The summed E-state index contributed by atoms with van der Waals surface area (Å²) < 4.78 is 45.8.